The van der Waals surface area contributed by atoms with E-state index in [2.05, 4.69) is 17.4 Å². The Bertz CT molecular complexity index is 920. The minimum Gasteiger partial charge on any atom is -0.452 e. The maximum Gasteiger partial charge on any atom is 0.331 e. The highest BCUT2D eigenvalue weighted by atomic mass is 16.6. The summed E-state index contributed by atoms with van der Waals surface area (Å²) in [5.41, 5.74) is 1.60. The summed E-state index contributed by atoms with van der Waals surface area (Å²) >= 11 is 0. The lowest BCUT2D eigenvalue weighted by Gasteiger charge is -2.42. The summed E-state index contributed by atoms with van der Waals surface area (Å²) in [4.78, 5) is 34.1. The van der Waals surface area contributed by atoms with Crippen LogP contribution < -0.4 is 5.32 Å². The number of nitro groups is 1. The van der Waals surface area contributed by atoms with Crippen LogP contribution in [0.2, 0.25) is 0 Å². The number of carbonyl (C=O) groups is 2. The summed E-state index contributed by atoms with van der Waals surface area (Å²) in [7, 11) is 0. The molecule has 7 heteroatoms. The number of nitrogens with one attached hydrogen (secondary N) is 1. The van der Waals surface area contributed by atoms with Gasteiger partial charge in [-0.05, 0) is 30.0 Å². The van der Waals surface area contributed by atoms with Crippen LogP contribution in [0.3, 0.4) is 0 Å². The average Bonchev–Trinajstić information content (AvgIpc) is 2.71. The number of hydrogen-bond acceptors (Lipinski definition) is 5. The van der Waals surface area contributed by atoms with Gasteiger partial charge in [-0.2, -0.15) is 0 Å². The van der Waals surface area contributed by atoms with Gasteiger partial charge in [0.25, 0.3) is 11.6 Å². The fraction of sp³-hybridized carbons (Fsp3) is 0.273. The molecule has 0 spiro atoms. The number of esters is 1. The van der Waals surface area contributed by atoms with E-state index < -0.39 is 10.9 Å². The number of nitro benzene ring substituents is 1. The first-order valence-corrected chi connectivity index (χ1v) is 9.40. The molecule has 3 rings (SSSR count). The van der Waals surface area contributed by atoms with Crippen molar-refractivity contribution in [3.63, 3.8) is 0 Å². The molecule has 150 valence electrons. The Kier molecular flexibility index (Phi) is 6.39. The van der Waals surface area contributed by atoms with Gasteiger partial charge >= 0.3 is 5.97 Å². The maximum absolute atomic E-state index is 12.1. The van der Waals surface area contributed by atoms with Gasteiger partial charge in [-0.25, -0.2) is 4.79 Å². The zero-order valence-electron chi connectivity index (χ0n) is 15.9. The van der Waals surface area contributed by atoms with E-state index in [4.69, 9.17) is 4.74 Å². The Morgan fingerprint density at radius 3 is 2.55 bits per heavy atom. The normalized spacial score (nSPS) is 14.8. The van der Waals surface area contributed by atoms with E-state index in [1.165, 1.54) is 29.8 Å². The van der Waals surface area contributed by atoms with Gasteiger partial charge in [0.15, 0.2) is 6.61 Å². The predicted octanol–water partition coefficient (Wildman–Crippen LogP) is 3.39. The second kappa shape index (κ2) is 9.14. The third-order valence-corrected chi connectivity index (χ3v) is 5.16. The van der Waals surface area contributed by atoms with Crippen LogP contribution in [-0.2, 0) is 19.7 Å². The Labute approximate surface area is 168 Å². The Morgan fingerprint density at radius 1 is 1.14 bits per heavy atom. The first-order valence-electron chi connectivity index (χ1n) is 9.40. The average molecular weight is 394 g/mol. The number of amides is 1. The molecule has 0 saturated heterocycles. The van der Waals surface area contributed by atoms with Crippen LogP contribution in [0.15, 0.2) is 60.7 Å². The summed E-state index contributed by atoms with van der Waals surface area (Å²) in [6.07, 6.45) is 5.71. The minimum atomic E-state index is -0.687. The fourth-order valence-electron chi connectivity index (χ4n) is 3.37. The molecule has 0 heterocycles. The quantitative estimate of drug-likeness (QED) is 0.320. The second-order valence-electron chi connectivity index (χ2n) is 7.07. The molecule has 7 nitrogen and oxygen atoms in total. The number of hydrogen-bond donors (Lipinski definition) is 1. The van der Waals surface area contributed by atoms with Gasteiger partial charge in [-0.1, -0.05) is 48.9 Å². The molecule has 1 fully saturated rings. The largest absolute Gasteiger partial charge is 0.452 e. The molecule has 29 heavy (non-hydrogen) atoms. The highest BCUT2D eigenvalue weighted by molar-refractivity contribution is 5.89. The number of non-ortho nitro benzene ring substituents is 1. The molecule has 0 bridgehead atoms. The molecule has 1 N–H and O–H groups in total. The topological polar surface area (TPSA) is 98.5 Å². The summed E-state index contributed by atoms with van der Waals surface area (Å²) in [6, 6.07) is 16.0. The molecule has 0 radical (unpaired) electrons. The van der Waals surface area contributed by atoms with Gasteiger partial charge in [0.2, 0.25) is 0 Å². The van der Waals surface area contributed by atoms with Crippen LogP contribution in [0, 0.1) is 10.1 Å². The monoisotopic (exact) mass is 394 g/mol. The van der Waals surface area contributed by atoms with E-state index in [0.717, 1.165) is 25.3 Å². The van der Waals surface area contributed by atoms with Crippen LogP contribution in [0.25, 0.3) is 6.08 Å². The van der Waals surface area contributed by atoms with Crippen molar-refractivity contribution in [2.75, 3.05) is 13.2 Å². The van der Waals surface area contributed by atoms with Crippen LogP contribution in [0.5, 0.6) is 0 Å². The van der Waals surface area contributed by atoms with Crippen LogP contribution >= 0.6 is 0 Å². The highest BCUT2D eigenvalue weighted by Gasteiger charge is 2.38. The highest BCUT2D eigenvalue weighted by Crippen LogP contribution is 2.43. The smallest absolute Gasteiger partial charge is 0.331 e. The second-order valence-corrected chi connectivity index (χ2v) is 7.07. The lowest BCUT2D eigenvalue weighted by atomic mass is 9.64. The SMILES string of the molecule is O=C(COC(=O)/C=C/c1cccc([N+](=O)[O-])c1)NCC1(c2ccccc2)CCC1. The van der Waals surface area contributed by atoms with Crippen LogP contribution in [0.1, 0.15) is 30.4 Å². The van der Waals surface area contributed by atoms with Gasteiger partial charge in [0, 0.05) is 30.2 Å². The van der Waals surface area contributed by atoms with E-state index in [-0.39, 0.29) is 23.6 Å². The van der Waals surface area contributed by atoms with Crippen molar-refractivity contribution in [2.45, 2.75) is 24.7 Å². The van der Waals surface area contributed by atoms with Crippen molar-refractivity contribution in [1.29, 1.82) is 0 Å². The van der Waals surface area contributed by atoms with Gasteiger partial charge in [0.1, 0.15) is 0 Å². The van der Waals surface area contributed by atoms with Crippen molar-refractivity contribution >= 4 is 23.6 Å². The third kappa shape index (κ3) is 5.28. The Balaban J connectivity index is 1.46. The van der Waals surface area contributed by atoms with Crippen molar-refractivity contribution < 1.29 is 19.2 Å². The number of rotatable bonds is 8. The molecule has 1 amide bonds. The number of benzene rings is 2. The first-order chi connectivity index (χ1) is 14.0. The molecule has 0 atom stereocenters. The predicted molar refractivity (Wildman–Crippen MR) is 108 cm³/mol. The maximum atomic E-state index is 12.1. The van der Waals surface area contributed by atoms with Crippen molar-refractivity contribution in [3.8, 4) is 0 Å². The van der Waals surface area contributed by atoms with E-state index in [1.54, 1.807) is 6.07 Å². The fourth-order valence-corrected chi connectivity index (χ4v) is 3.37. The molecule has 1 aliphatic carbocycles. The summed E-state index contributed by atoms with van der Waals surface area (Å²) in [6.45, 7) is 0.139. The van der Waals surface area contributed by atoms with Crippen LogP contribution in [0.4, 0.5) is 5.69 Å². The van der Waals surface area contributed by atoms with E-state index >= 15 is 0 Å². The van der Waals surface area contributed by atoms with Crippen molar-refractivity contribution in [3.05, 3.63) is 81.9 Å². The number of ether oxygens (including phenoxy) is 1. The Morgan fingerprint density at radius 2 is 1.90 bits per heavy atom. The molecular formula is C22H22N2O5. The third-order valence-electron chi connectivity index (χ3n) is 5.16. The Hall–Kier alpha value is -3.48. The van der Waals surface area contributed by atoms with Crippen molar-refractivity contribution in [2.24, 2.45) is 0 Å². The summed E-state index contributed by atoms with van der Waals surface area (Å²) in [5, 5.41) is 13.6. The van der Waals surface area contributed by atoms with Gasteiger partial charge in [0.05, 0.1) is 4.92 Å². The molecule has 1 aliphatic rings. The van der Waals surface area contributed by atoms with Crippen LogP contribution in [-0.4, -0.2) is 30.0 Å². The molecule has 2 aromatic rings. The molecule has 1 saturated carbocycles. The van der Waals surface area contributed by atoms with Crippen molar-refractivity contribution in [1.82, 2.24) is 5.32 Å². The standard InChI is InChI=1S/C22H22N2O5/c25-20(23-16-22(12-5-13-22)18-7-2-1-3-8-18)15-29-21(26)11-10-17-6-4-9-19(14-17)24(27)28/h1-4,6-11,14H,5,12-13,15-16H2,(H,23,25)/b11-10+. The lowest BCUT2D eigenvalue weighted by molar-refractivity contribution is -0.384. The zero-order chi connectivity index (χ0) is 20.7. The number of nitrogens with zero attached hydrogens (tertiary/aromatic N) is 1. The first kappa shape index (κ1) is 20.3. The van der Waals surface area contributed by atoms with Gasteiger partial charge < -0.3 is 10.1 Å². The van der Waals surface area contributed by atoms with E-state index in [1.807, 2.05) is 18.2 Å². The molecule has 2 aromatic carbocycles. The zero-order valence-corrected chi connectivity index (χ0v) is 15.9. The number of carbonyl (C=O) groups excluding carboxylic acids is 2. The molecule has 0 aromatic heterocycles. The lowest BCUT2D eigenvalue weighted by Crippen LogP contribution is -2.46. The van der Waals surface area contributed by atoms with E-state index in [9.17, 15) is 19.7 Å². The minimum absolute atomic E-state index is 0.0388. The van der Waals surface area contributed by atoms with E-state index in [0.29, 0.717) is 12.1 Å². The summed E-state index contributed by atoms with van der Waals surface area (Å²) in [5.74, 6) is -1.04. The van der Waals surface area contributed by atoms with Gasteiger partial charge in [-0.15, -0.1) is 0 Å². The van der Waals surface area contributed by atoms with Gasteiger partial charge in [-0.3, -0.25) is 14.9 Å². The molecule has 0 unspecified atom stereocenters. The molecule has 0 aliphatic heterocycles. The molecular weight excluding hydrogens is 372 g/mol. The summed E-state index contributed by atoms with van der Waals surface area (Å²) < 4.78 is 4.95.